The predicted octanol–water partition coefficient (Wildman–Crippen LogP) is 1.85. The molecule has 1 aliphatic rings. The van der Waals surface area contributed by atoms with Gasteiger partial charge in [0, 0.05) is 31.8 Å². The molecule has 0 aliphatic heterocycles. The summed E-state index contributed by atoms with van der Waals surface area (Å²) in [5.41, 5.74) is 6.86. The van der Waals surface area contributed by atoms with Crippen molar-refractivity contribution >= 4 is 0 Å². The minimum absolute atomic E-state index is 0.160. The van der Waals surface area contributed by atoms with Crippen molar-refractivity contribution in [1.29, 1.82) is 0 Å². The Kier molecular flexibility index (Phi) is 5.88. The molecule has 0 aromatic carbocycles. The fourth-order valence-electron chi connectivity index (χ4n) is 2.56. The van der Waals surface area contributed by atoms with Crippen LogP contribution in [0, 0.1) is 5.82 Å². The van der Waals surface area contributed by atoms with Gasteiger partial charge in [-0.1, -0.05) is 6.42 Å². The Bertz CT molecular complexity index is 395. The van der Waals surface area contributed by atoms with E-state index in [1.54, 1.807) is 6.07 Å². The number of hydrogen-bond acceptors (Lipinski definition) is 4. The van der Waals surface area contributed by atoms with Gasteiger partial charge in [-0.15, -0.1) is 0 Å². The van der Waals surface area contributed by atoms with Gasteiger partial charge >= 0.3 is 0 Å². The number of nitrogens with zero attached hydrogens (tertiary/aromatic N) is 2. The molecule has 3 N–H and O–H groups in total. The molecule has 20 heavy (non-hydrogen) atoms. The summed E-state index contributed by atoms with van der Waals surface area (Å²) in [4.78, 5) is 6.46. The van der Waals surface area contributed by atoms with Gasteiger partial charge < -0.3 is 15.7 Å². The van der Waals surface area contributed by atoms with E-state index in [-0.39, 0.29) is 18.5 Å². The van der Waals surface area contributed by atoms with Gasteiger partial charge in [-0.25, -0.2) is 4.39 Å². The Morgan fingerprint density at radius 2 is 2.20 bits per heavy atom. The van der Waals surface area contributed by atoms with Gasteiger partial charge in [0.05, 0.1) is 11.9 Å². The third-order valence-corrected chi connectivity index (χ3v) is 4.05. The second-order valence-electron chi connectivity index (χ2n) is 5.49. The average molecular weight is 281 g/mol. The number of hydrogen-bond donors (Lipinski definition) is 2. The third-order valence-electron chi connectivity index (χ3n) is 4.05. The summed E-state index contributed by atoms with van der Waals surface area (Å²) in [6.07, 6.45) is 6.61. The lowest BCUT2D eigenvalue weighted by molar-refractivity contribution is 0.113. The van der Waals surface area contributed by atoms with E-state index in [0.29, 0.717) is 6.04 Å². The average Bonchev–Trinajstić information content (AvgIpc) is 2.40. The van der Waals surface area contributed by atoms with Crippen LogP contribution < -0.4 is 5.73 Å². The molecule has 2 rings (SSSR count). The van der Waals surface area contributed by atoms with Gasteiger partial charge in [-0.3, -0.25) is 4.98 Å². The first-order valence-electron chi connectivity index (χ1n) is 7.42. The predicted molar refractivity (Wildman–Crippen MR) is 76.7 cm³/mol. The molecule has 1 aromatic heterocycles. The number of halogens is 1. The van der Waals surface area contributed by atoms with E-state index in [9.17, 15) is 4.39 Å². The number of aliphatic hydroxyl groups excluding tert-OH is 1. The molecule has 1 saturated carbocycles. The van der Waals surface area contributed by atoms with Gasteiger partial charge in [0.15, 0.2) is 0 Å². The van der Waals surface area contributed by atoms with Crippen molar-refractivity contribution in [2.75, 3.05) is 19.7 Å². The molecule has 0 spiro atoms. The molecule has 1 heterocycles. The van der Waals surface area contributed by atoms with Gasteiger partial charge in [0.2, 0.25) is 0 Å². The number of pyridine rings is 1. The Morgan fingerprint density at radius 3 is 2.75 bits per heavy atom. The zero-order valence-corrected chi connectivity index (χ0v) is 11.8. The Morgan fingerprint density at radius 1 is 1.40 bits per heavy atom. The van der Waals surface area contributed by atoms with E-state index < -0.39 is 0 Å². The molecular formula is C15H24FN3O. The molecule has 0 saturated heterocycles. The van der Waals surface area contributed by atoms with Crippen molar-refractivity contribution in [3.8, 4) is 0 Å². The van der Waals surface area contributed by atoms with E-state index in [4.69, 9.17) is 10.8 Å². The Balaban J connectivity index is 1.82. The highest BCUT2D eigenvalue weighted by atomic mass is 19.1. The minimum Gasteiger partial charge on any atom is -0.396 e. The first kappa shape index (κ1) is 15.4. The molecule has 1 unspecified atom stereocenters. The maximum absolute atomic E-state index is 12.8. The van der Waals surface area contributed by atoms with Crippen LogP contribution in [-0.2, 0) is 0 Å². The van der Waals surface area contributed by atoms with Crippen molar-refractivity contribution in [3.05, 3.63) is 29.8 Å². The minimum atomic E-state index is -0.333. The molecule has 1 aliphatic carbocycles. The fraction of sp³-hybridized carbons (Fsp3) is 0.667. The van der Waals surface area contributed by atoms with Crippen LogP contribution in [0.3, 0.4) is 0 Å². The molecule has 4 nitrogen and oxygen atoms in total. The number of rotatable bonds is 8. The van der Waals surface area contributed by atoms with Crippen molar-refractivity contribution in [1.82, 2.24) is 9.88 Å². The molecule has 0 amide bonds. The van der Waals surface area contributed by atoms with Gasteiger partial charge in [0.25, 0.3) is 0 Å². The number of aliphatic hydroxyl groups is 1. The molecule has 1 aromatic rings. The molecule has 112 valence electrons. The summed E-state index contributed by atoms with van der Waals surface area (Å²) >= 11 is 0. The van der Waals surface area contributed by atoms with Crippen LogP contribution >= 0.6 is 0 Å². The first-order valence-corrected chi connectivity index (χ1v) is 7.42. The standard InChI is InChI=1S/C15H24FN3O/c16-12-5-6-15(18-11-12)14(17)7-9-19(8-2-10-20)13-3-1-4-13/h5-6,11,13-14,20H,1-4,7-10,17H2. The number of aromatic nitrogens is 1. The molecule has 1 atom stereocenters. The van der Waals surface area contributed by atoms with Crippen LogP contribution in [0.15, 0.2) is 18.3 Å². The van der Waals surface area contributed by atoms with E-state index in [1.165, 1.54) is 31.5 Å². The number of nitrogens with two attached hydrogens (primary N) is 1. The summed E-state index contributed by atoms with van der Waals surface area (Å²) < 4.78 is 12.8. The second-order valence-corrected chi connectivity index (χ2v) is 5.49. The Labute approximate surface area is 119 Å². The van der Waals surface area contributed by atoms with E-state index in [0.717, 1.165) is 31.6 Å². The SMILES string of the molecule is NC(CCN(CCCO)C1CCC1)c1ccc(F)cn1. The van der Waals surface area contributed by atoms with Crippen molar-refractivity contribution < 1.29 is 9.50 Å². The van der Waals surface area contributed by atoms with E-state index in [2.05, 4.69) is 9.88 Å². The third kappa shape index (κ3) is 4.23. The lowest BCUT2D eigenvalue weighted by Gasteiger charge is -2.38. The van der Waals surface area contributed by atoms with E-state index in [1.807, 2.05) is 0 Å². The van der Waals surface area contributed by atoms with Crippen LogP contribution in [0.1, 0.15) is 43.8 Å². The molecule has 0 bridgehead atoms. The molecular weight excluding hydrogens is 257 g/mol. The highest BCUT2D eigenvalue weighted by molar-refractivity contribution is 5.09. The topological polar surface area (TPSA) is 62.4 Å². The van der Waals surface area contributed by atoms with E-state index >= 15 is 0 Å². The van der Waals surface area contributed by atoms with Crippen molar-refractivity contribution in [2.45, 2.75) is 44.2 Å². The zero-order valence-electron chi connectivity index (χ0n) is 11.8. The quantitative estimate of drug-likeness (QED) is 0.763. The summed E-state index contributed by atoms with van der Waals surface area (Å²) in [5.74, 6) is -0.333. The summed E-state index contributed by atoms with van der Waals surface area (Å²) in [7, 11) is 0. The molecule has 5 heteroatoms. The van der Waals surface area contributed by atoms with Gasteiger partial charge in [-0.05, 0) is 37.8 Å². The van der Waals surface area contributed by atoms with Crippen molar-refractivity contribution in [2.24, 2.45) is 5.73 Å². The highest BCUT2D eigenvalue weighted by Crippen LogP contribution is 2.26. The van der Waals surface area contributed by atoms with Gasteiger partial charge in [-0.2, -0.15) is 0 Å². The highest BCUT2D eigenvalue weighted by Gasteiger charge is 2.24. The lowest BCUT2D eigenvalue weighted by Crippen LogP contribution is -2.42. The summed E-state index contributed by atoms with van der Waals surface area (Å²) in [5, 5.41) is 8.97. The maximum Gasteiger partial charge on any atom is 0.141 e. The largest absolute Gasteiger partial charge is 0.396 e. The molecule has 1 fully saturated rings. The van der Waals surface area contributed by atoms with Crippen LogP contribution in [0.2, 0.25) is 0 Å². The van der Waals surface area contributed by atoms with Crippen LogP contribution in [0.25, 0.3) is 0 Å². The van der Waals surface area contributed by atoms with Crippen LogP contribution in [0.4, 0.5) is 4.39 Å². The van der Waals surface area contributed by atoms with Crippen LogP contribution in [0.5, 0.6) is 0 Å². The first-order chi connectivity index (χ1) is 9.70. The van der Waals surface area contributed by atoms with Gasteiger partial charge in [0.1, 0.15) is 5.82 Å². The van der Waals surface area contributed by atoms with Crippen LogP contribution in [-0.4, -0.2) is 40.7 Å². The molecule has 0 radical (unpaired) electrons. The fourth-order valence-corrected chi connectivity index (χ4v) is 2.56. The van der Waals surface area contributed by atoms with Crippen molar-refractivity contribution in [3.63, 3.8) is 0 Å². The smallest absolute Gasteiger partial charge is 0.141 e. The lowest BCUT2D eigenvalue weighted by atomic mass is 9.91. The maximum atomic E-state index is 12.8. The summed E-state index contributed by atoms with van der Waals surface area (Å²) in [6.45, 7) is 2.06. The normalized spacial score (nSPS) is 17.2. The second kappa shape index (κ2) is 7.67. The Hall–Kier alpha value is -1.04. The monoisotopic (exact) mass is 281 g/mol. The summed E-state index contributed by atoms with van der Waals surface area (Å²) in [6, 6.07) is 3.54. The zero-order chi connectivity index (χ0) is 14.4.